The third kappa shape index (κ3) is 4.80. The van der Waals surface area contributed by atoms with Gasteiger partial charge >= 0.3 is 5.69 Å². The van der Waals surface area contributed by atoms with Crippen LogP contribution in [0.3, 0.4) is 0 Å². The molecule has 1 aromatic carbocycles. The number of nitro groups is 1. The fourth-order valence-electron chi connectivity index (χ4n) is 1.65. The number of para-hydroxylation sites is 1. The van der Waals surface area contributed by atoms with Crippen molar-refractivity contribution in [1.29, 1.82) is 0 Å². The van der Waals surface area contributed by atoms with Gasteiger partial charge in [0.05, 0.1) is 11.0 Å². The predicted molar refractivity (Wildman–Crippen MR) is 80.9 cm³/mol. The topological polar surface area (TPSA) is 81.5 Å². The quantitative estimate of drug-likeness (QED) is 0.589. The van der Waals surface area contributed by atoms with E-state index in [4.69, 9.17) is 4.74 Å². The molecule has 0 aromatic heterocycles. The van der Waals surface area contributed by atoms with Crippen LogP contribution < -0.4 is 10.1 Å². The Morgan fingerprint density at radius 3 is 2.70 bits per heavy atom. The molecule has 112 valence electrons. The van der Waals surface area contributed by atoms with Crippen molar-refractivity contribution in [2.24, 2.45) is 0 Å². The number of hydrogen-bond acceptors (Lipinski definition) is 5. The first-order chi connectivity index (χ1) is 9.45. The zero-order valence-electron chi connectivity index (χ0n) is 11.9. The first kappa shape index (κ1) is 16.4. The lowest BCUT2D eigenvalue weighted by Crippen LogP contribution is -2.14. The molecule has 7 heteroatoms. The summed E-state index contributed by atoms with van der Waals surface area (Å²) in [5.41, 5.74) is 0.310. The molecule has 0 spiro atoms. The Bertz CT molecular complexity index is 491. The zero-order chi connectivity index (χ0) is 15.1. The molecule has 6 nitrogen and oxygen atoms in total. The van der Waals surface area contributed by atoms with Gasteiger partial charge < -0.3 is 10.1 Å². The summed E-state index contributed by atoms with van der Waals surface area (Å²) in [6, 6.07) is 4.90. The van der Waals surface area contributed by atoms with Crippen molar-refractivity contribution in [2.75, 3.05) is 23.4 Å². The van der Waals surface area contributed by atoms with Crippen LogP contribution in [0.1, 0.15) is 20.8 Å². The fourth-order valence-corrected chi connectivity index (χ4v) is 2.26. The average molecular weight is 300 g/mol. The molecule has 0 saturated carbocycles. The van der Waals surface area contributed by atoms with E-state index in [0.29, 0.717) is 23.7 Å². The van der Waals surface area contributed by atoms with Gasteiger partial charge in [0.1, 0.15) is 5.69 Å². The molecule has 0 aliphatic rings. The molecule has 0 aliphatic carbocycles. The van der Waals surface area contributed by atoms with Crippen LogP contribution in [0.4, 0.5) is 11.4 Å². The van der Waals surface area contributed by atoms with E-state index in [0.717, 1.165) is 0 Å². The lowest BCUT2D eigenvalue weighted by atomic mass is 10.2. The number of nitrogens with one attached hydrogen (secondary N) is 1. The summed E-state index contributed by atoms with van der Waals surface area (Å²) in [5, 5.41) is 14.2. The van der Waals surface area contributed by atoms with E-state index < -0.39 is 15.7 Å². The number of nitrogens with zero attached hydrogens (tertiary/aromatic N) is 1. The second-order valence-corrected chi connectivity index (χ2v) is 6.30. The number of anilines is 1. The van der Waals surface area contributed by atoms with Crippen LogP contribution in [0.5, 0.6) is 5.75 Å². The Balaban J connectivity index is 2.89. The van der Waals surface area contributed by atoms with Crippen LogP contribution in [0, 0.1) is 10.1 Å². The van der Waals surface area contributed by atoms with E-state index in [1.807, 2.05) is 20.8 Å². The van der Waals surface area contributed by atoms with Crippen LogP contribution in [-0.4, -0.2) is 33.3 Å². The van der Waals surface area contributed by atoms with Crippen LogP contribution in [0.2, 0.25) is 0 Å². The lowest BCUT2D eigenvalue weighted by Gasteiger charge is -2.13. The zero-order valence-corrected chi connectivity index (χ0v) is 12.7. The highest BCUT2D eigenvalue weighted by atomic mass is 32.2. The highest BCUT2D eigenvalue weighted by Crippen LogP contribution is 2.35. The Morgan fingerprint density at radius 1 is 1.45 bits per heavy atom. The fraction of sp³-hybridized carbons (Fsp3) is 0.538. The maximum Gasteiger partial charge on any atom is 0.333 e. The monoisotopic (exact) mass is 300 g/mol. The van der Waals surface area contributed by atoms with E-state index in [2.05, 4.69) is 5.32 Å². The van der Waals surface area contributed by atoms with Crippen LogP contribution >= 0.6 is 0 Å². The molecular weight excluding hydrogens is 280 g/mol. The maximum absolute atomic E-state index is 11.3. The van der Waals surface area contributed by atoms with Crippen LogP contribution in [0.25, 0.3) is 0 Å². The standard InChI is InChI=1S/C13H20N2O4S/c1-4-20(18)9-8-14-11-6-5-7-12(19-10(2)3)13(11)15(16)17/h5-7,10,14H,4,8-9H2,1-3H3. The normalized spacial score (nSPS) is 12.2. The van der Waals surface area contributed by atoms with Gasteiger partial charge in [-0.3, -0.25) is 14.3 Å². The molecule has 1 unspecified atom stereocenters. The van der Waals surface area contributed by atoms with Crippen molar-refractivity contribution in [1.82, 2.24) is 0 Å². The molecule has 0 heterocycles. The minimum Gasteiger partial charge on any atom is -0.484 e. The van der Waals surface area contributed by atoms with Gasteiger partial charge in [-0.1, -0.05) is 13.0 Å². The smallest absolute Gasteiger partial charge is 0.333 e. The van der Waals surface area contributed by atoms with E-state index in [-0.39, 0.29) is 17.5 Å². The van der Waals surface area contributed by atoms with E-state index in [9.17, 15) is 14.3 Å². The summed E-state index contributed by atoms with van der Waals surface area (Å²) in [4.78, 5) is 10.7. The molecular formula is C13H20N2O4S. The summed E-state index contributed by atoms with van der Waals surface area (Å²) in [6.07, 6.45) is -0.142. The molecule has 0 bridgehead atoms. The minimum absolute atomic E-state index is 0.0801. The summed E-state index contributed by atoms with van der Waals surface area (Å²) < 4.78 is 16.8. The predicted octanol–water partition coefficient (Wildman–Crippen LogP) is 2.56. The van der Waals surface area contributed by atoms with Gasteiger partial charge in [-0.15, -0.1) is 0 Å². The maximum atomic E-state index is 11.3. The van der Waals surface area contributed by atoms with Crippen molar-refractivity contribution in [3.63, 3.8) is 0 Å². The molecule has 20 heavy (non-hydrogen) atoms. The number of rotatable bonds is 8. The second-order valence-electron chi connectivity index (χ2n) is 4.44. The van der Waals surface area contributed by atoms with Crippen molar-refractivity contribution in [3.8, 4) is 5.75 Å². The first-order valence-electron chi connectivity index (χ1n) is 6.48. The van der Waals surface area contributed by atoms with Crippen LogP contribution in [0.15, 0.2) is 18.2 Å². The van der Waals surface area contributed by atoms with Gasteiger partial charge in [-0.2, -0.15) is 0 Å². The first-order valence-corrected chi connectivity index (χ1v) is 7.97. The summed E-state index contributed by atoms with van der Waals surface area (Å²) in [6.45, 7) is 5.89. The minimum atomic E-state index is -0.896. The molecule has 0 amide bonds. The summed E-state index contributed by atoms with van der Waals surface area (Å²) in [5.74, 6) is 1.29. The largest absolute Gasteiger partial charge is 0.484 e. The van der Waals surface area contributed by atoms with E-state index >= 15 is 0 Å². The highest BCUT2D eigenvalue weighted by molar-refractivity contribution is 7.84. The van der Waals surface area contributed by atoms with E-state index in [1.54, 1.807) is 18.2 Å². The van der Waals surface area contributed by atoms with Gasteiger partial charge in [-0.05, 0) is 26.0 Å². The Kier molecular flexibility index (Phi) is 6.44. The molecule has 1 aromatic rings. The highest BCUT2D eigenvalue weighted by Gasteiger charge is 2.21. The number of nitro benzene ring substituents is 1. The molecule has 0 fully saturated rings. The molecule has 1 rings (SSSR count). The summed E-state index contributed by atoms with van der Waals surface area (Å²) in [7, 11) is -0.896. The van der Waals surface area contributed by atoms with Gasteiger partial charge in [-0.25, -0.2) is 0 Å². The van der Waals surface area contributed by atoms with Gasteiger partial charge in [0.25, 0.3) is 0 Å². The lowest BCUT2D eigenvalue weighted by molar-refractivity contribution is -0.385. The molecule has 0 aliphatic heterocycles. The number of hydrogen-bond donors (Lipinski definition) is 1. The molecule has 0 radical (unpaired) electrons. The van der Waals surface area contributed by atoms with Crippen molar-refractivity contribution in [2.45, 2.75) is 26.9 Å². The average Bonchev–Trinajstić information content (AvgIpc) is 2.37. The number of ether oxygens (including phenoxy) is 1. The van der Waals surface area contributed by atoms with Crippen molar-refractivity contribution >= 4 is 22.2 Å². The Morgan fingerprint density at radius 2 is 2.15 bits per heavy atom. The van der Waals surface area contributed by atoms with Crippen molar-refractivity contribution < 1.29 is 13.9 Å². The van der Waals surface area contributed by atoms with Gasteiger partial charge in [0, 0.05) is 28.9 Å². The third-order valence-electron chi connectivity index (χ3n) is 2.51. The molecule has 1 atom stereocenters. The van der Waals surface area contributed by atoms with Crippen LogP contribution in [-0.2, 0) is 10.8 Å². The van der Waals surface area contributed by atoms with Crippen molar-refractivity contribution in [3.05, 3.63) is 28.3 Å². The Hall–Kier alpha value is -1.63. The third-order valence-corrected chi connectivity index (χ3v) is 3.81. The van der Waals surface area contributed by atoms with Gasteiger partial charge in [0.15, 0.2) is 5.75 Å². The van der Waals surface area contributed by atoms with E-state index in [1.165, 1.54) is 0 Å². The van der Waals surface area contributed by atoms with Gasteiger partial charge in [0.2, 0.25) is 0 Å². The SMILES string of the molecule is CCS(=O)CCNc1cccc(OC(C)C)c1[N+](=O)[O-]. The summed E-state index contributed by atoms with van der Waals surface area (Å²) >= 11 is 0. The number of benzene rings is 1. The second kappa shape index (κ2) is 7.84. The Labute approximate surface area is 121 Å². The molecule has 0 saturated heterocycles. The molecule has 1 N–H and O–H groups in total.